The largest absolute Gasteiger partial charge is 0.497 e. The molecule has 1 heterocycles. The summed E-state index contributed by atoms with van der Waals surface area (Å²) in [7, 11) is -0.621. The van der Waals surface area contributed by atoms with Gasteiger partial charge in [0.1, 0.15) is 12.4 Å². The smallest absolute Gasteiger partial charge is 0.246 e. The van der Waals surface area contributed by atoms with Crippen molar-refractivity contribution in [1.29, 1.82) is 0 Å². The quantitative estimate of drug-likeness (QED) is 0.380. The molecular formula is C31H45N3O6S. The van der Waals surface area contributed by atoms with Gasteiger partial charge in [0.25, 0.3) is 0 Å². The van der Waals surface area contributed by atoms with Crippen LogP contribution in [0.4, 0.5) is 0 Å². The SMILES string of the molecule is COc1cc(C)c(S(=O)(=O)N(C)CCOCC(=O)NCC2CCC(c3ccccc3)(N3CCOCC3)CC2)c(C)c1. The molecule has 1 N–H and O–H groups in total. The van der Waals surface area contributed by atoms with Crippen LogP contribution in [0.1, 0.15) is 42.4 Å². The van der Waals surface area contributed by atoms with Gasteiger partial charge in [0.05, 0.1) is 31.8 Å². The highest BCUT2D eigenvalue weighted by Crippen LogP contribution is 2.44. The first kappa shape index (κ1) is 31.4. The lowest BCUT2D eigenvalue weighted by atomic mass is 9.71. The van der Waals surface area contributed by atoms with Crippen molar-refractivity contribution in [2.45, 2.75) is 50.0 Å². The molecule has 1 saturated carbocycles. The maximum Gasteiger partial charge on any atom is 0.246 e. The van der Waals surface area contributed by atoms with Gasteiger partial charge in [-0.15, -0.1) is 0 Å². The maximum atomic E-state index is 13.2. The fourth-order valence-electron chi connectivity index (χ4n) is 6.26. The molecule has 226 valence electrons. The van der Waals surface area contributed by atoms with Crippen LogP contribution in [0.15, 0.2) is 47.4 Å². The number of ether oxygens (including phenoxy) is 3. The van der Waals surface area contributed by atoms with Crippen molar-refractivity contribution in [2.75, 3.05) is 66.8 Å². The number of hydrogen-bond acceptors (Lipinski definition) is 7. The summed E-state index contributed by atoms with van der Waals surface area (Å²) >= 11 is 0. The van der Waals surface area contributed by atoms with Crippen molar-refractivity contribution in [3.05, 3.63) is 59.2 Å². The minimum atomic E-state index is -3.70. The second-order valence-corrected chi connectivity index (χ2v) is 13.2. The summed E-state index contributed by atoms with van der Waals surface area (Å²) in [4.78, 5) is 15.4. The van der Waals surface area contributed by atoms with E-state index < -0.39 is 10.0 Å². The molecule has 1 aliphatic heterocycles. The first-order valence-corrected chi connectivity index (χ1v) is 16.0. The molecule has 0 unspecified atom stereocenters. The summed E-state index contributed by atoms with van der Waals surface area (Å²) in [5, 5.41) is 3.03. The molecule has 0 bridgehead atoms. The predicted molar refractivity (Wildman–Crippen MR) is 159 cm³/mol. The predicted octanol–water partition coefficient (Wildman–Crippen LogP) is 3.48. The highest BCUT2D eigenvalue weighted by Gasteiger charge is 2.42. The Morgan fingerprint density at radius 1 is 1.10 bits per heavy atom. The number of morpholine rings is 1. The Morgan fingerprint density at radius 3 is 2.34 bits per heavy atom. The Labute approximate surface area is 245 Å². The van der Waals surface area contributed by atoms with Crippen LogP contribution in [0.5, 0.6) is 5.75 Å². The van der Waals surface area contributed by atoms with Gasteiger partial charge in [0.2, 0.25) is 15.9 Å². The average molecular weight is 588 g/mol. The number of likely N-dealkylation sites (N-methyl/N-ethyl adjacent to an activating group) is 1. The summed E-state index contributed by atoms with van der Waals surface area (Å²) in [6.45, 7) is 7.76. The van der Waals surface area contributed by atoms with Crippen molar-refractivity contribution in [1.82, 2.24) is 14.5 Å². The number of sulfonamides is 1. The molecule has 2 aromatic rings. The molecule has 1 amide bonds. The van der Waals surface area contributed by atoms with E-state index in [0.717, 1.165) is 52.0 Å². The van der Waals surface area contributed by atoms with Gasteiger partial charge in [0, 0.05) is 38.8 Å². The summed E-state index contributed by atoms with van der Waals surface area (Å²) in [6.07, 6.45) is 4.20. The minimum Gasteiger partial charge on any atom is -0.497 e. The van der Waals surface area contributed by atoms with Gasteiger partial charge >= 0.3 is 0 Å². The number of carbonyl (C=O) groups excluding carboxylic acids is 1. The summed E-state index contributed by atoms with van der Waals surface area (Å²) in [5.74, 6) is 0.867. The molecule has 2 aliphatic rings. The summed E-state index contributed by atoms with van der Waals surface area (Å²) in [6, 6.07) is 14.2. The van der Waals surface area contributed by atoms with Crippen LogP contribution in [0.3, 0.4) is 0 Å². The molecule has 10 heteroatoms. The Hall–Kier alpha value is -2.50. The van der Waals surface area contributed by atoms with Gasteiger partial charge in [-0.05, 0) is 74.3 Å². The van der Waals surface area contributed by atoms with Crippen molar-refractivity contribution in [2.24, 2.45) is 5.92 Å². The van der Waals surface area contributed by atoms with Crippen molar-refractivity contribution < 1.29 is 27.4 Å². The van der Waals surface area contributed by atoms with E-state index in [1.807, 2.05) is 0 Å². The zero-order valence-electron chi connectivity index (χ0n) is 24.9. The van der Waals surface area contributed by atoms with Gasteiger partial charge in [0.15, 0.2) is 0 Å². The molecule has 4 rings (SSSR count). The number of rotatable bonds is 12. The maximum absolute atomic E-state index is 13.2. The van der Waals surface area contributed by atoms with Crippen LogP contribution in [-0.2, 0) is 29.8 Å². The third-order valence-electron chi connectivity index (χ3n) is 8.57. The third-order valence-corrected chi connectivity index (χ3v) is 10.7. The van der Waals surface area contributed by atoms with E-state index in [9.17, 15) is 13.2 Å². The minimum absolute atomic E-state index is 0.0317. The van der Waals surface area contributed by atoms with Gasteiger partial charge in [-0.25, -0.2) is 8.42 Å². The Kier molecular flexibility index (Phi) is 10.8. The van der Waals surface area contributed by atoms with E-state index in [1.54, 1.807) is 33.1 Å². The standard InChI is InChI=1S/C31H45N3O6S/c1-24-20-28(38-4)21-25(2)30(24)41(36,37)33(3)14-17-40-23-29(35)32-22-26-10-12-31(13-11-26,27-8-6-5-7-9-27)34-15-18-39-19-16-34/h5-9,20-21,26H,10-19,22-23H2,1-4H3,(H,32,35). The number of benzene rings is 2. The molecule has 0 spiro atoms. The second kappa shape index (κ2) is 14.1. The summed E-state index contributed by atoms with van der Waals surface area (Å²) < 4.78 is 44.0. The highest BCUT2D eigenvalue weighted by atomic mass is 32.2. The van der Waals surface area contributed by atoms with Gasteiger partial charge in [-0.2, -0.15) is 4.31 Å². The van der Waals surface area contributed by atoms with Crippen LogP contribution < -0.4 is 10.1 Å². The Morgan fingerprint density at radius 2 is 1.73 bits per heavy atom. The van der Waals surface area contributed by atoms with Gasteiger partial charge < -0.3 is 19.5 Å². The Balaban J connectivity index is 1.21. The molecular weight excluding hydrogens is 542 g/mol. The molecule has 0 radical (unpaired) electrons. The molecule has 9 nitrogen and oxygen atoms in total. The highest BCUT2D eigenvalue weighted by molar-refractivity contribution is 7.89. The number of aryl methyl sites for hydroxylation is 2. The number of nitrogens with zero attached hydrogens (tertiary/aromatic N) is 2. The molecule has 2 fully saturated rings. The Bertz CT molecular complexity index is 1230. The topological polar surface area (TPSA) is 97.4 Å². The number of nitrogens with one attached hydrogen (secondary N) is 1. The van der Waals surface area contributed by atoms with E-state index in [1.165, 1.54) is 16.9 Å². The molecule has 1 aliphatic carbocycles. The fraction of sp³-hybridized carbons (Fsp3) is 0.581. The zero-order chi connectivity index (χ0) is 29.5. The van der Waals surface area contributed by atoms with Crippen LogP contribution in [0, 0.1) is 19.8 Å². The second-order valence-electron chi connectivity index (χ2n) is 11.2. The van der Waals surface area contributed by atoms with E-state index in [4.69, 9.17) is 14.2 Å². The van der Waals surface area contributed by atoms with Crippen molar-refractivity contribution in [3.8, 4) is 5.75 Å². The molecule has 0 atom stereocenters. The number of carbonyl (C=O) groups is 1. The van der Waals surface area contributed by atoms with Gasteiger partial charge in [-0.3, -0.25) is 9.69 Å². The lowest BCUT2D eigenvalue weighted by Gasteiger charge is -2.50. The zero-order valence-corrected chi connectivity index (χ0v) is 25.7. The van der Waals surface area contributed by atoms with Crippen LogP contribution in [-0.4, -0.2) is 90.3 Å². The van der Waals surface area contributed by atoms with E-state index in [0.29, 0.717) is 29.3 Å². The van der Waals surface area contributed by atoms with E-state index in [2.05, 4.69) is 40.5 Å². The molecule has 0 aromatic heterocycles. The first-order chi connectivity index (χ1) is 19.7. The molecule has 2 aromatic carbocycles. The molecule has 1 saturated heterocycles. The van der Waals surface area contributed by atoms with Crippen molar-refractivity contribution in [3.63, 3.8) is 0 Å². The van der Waals surface area contributed by atoms with E-state index >= 15 is 0 Å². The third kappa shape index (κ3) is 7.48. The number of amides is 1. The lowest BCUT2D eigenvalue weighted by Crippen LogP contribution is -2.53. The van der Waals surface area contributed by atoms with Crippen LogP contribution >= 0.6 is 0 Å². The van der Waals surface area contributed by atoms with Crippen LogP contribution in [0.25, 0.3) is 0 Å². The normalized spacial score (nSPS) is 22.0. The number of hydrogen-bond donors (Lipinski definition) is 1. The van der Waals surface area contributed by atoms with E-state index in [-0.39, 0.29) is 36.1 Å². The fourth-order valence-corrected chi connectivity index (χ4v) is 7.82. The first-order valence-electron chi connectivity index (χ1n) is 14.5. The monoisotopic (exact) mass is 587 g/mol. The average Bonchev–Trinajstić information content (AvgIpc) is 2.98. The number of methoxy groups -OCH3 is 1. The molecule has 41 heavy (non-hydrogen) atoms. The van der Waals surface area contributed by atoms with Gasteiger partial charge in [-0.1, -0.05) is 30.3 Å². The van der Waals surface area contributed by atoms with Crippen molar-refractivity contribution >= 4 is 15.9 Å². The summed E-state index contributed by atoms with van der Waals surface area (Å²) in [5.41, 5.74) is 2.66. The lowest BCUT2D eigenvalue weighted by molar-refractivity contribution is -0.126. The van der Waals surface area contributed by atoms with Crippen LogP contribution in [0.2, 0.25) is 0 Å².